The number of esters is 3. The Morgan fingerprint density at radius 1 is 0.935 bits per heavy atom. The largest absolute Gasteiger partial charge is 0.479 e. The van der Waals surface area contributed by atoms with Gasteiger partial charge in [-0.05, 0) is 36.4 Å². The summed E-state index contributed by atoms with van der Waals surface area (Å²) in [5, 5.41) is 2.39. The molecule has 9 nitrogen and oxygen atoms in total. The quantitative estimate of drug-likeness (QED) is 0.436. The highest BCUT2D eigenvalue weighted by Crippen LogP contribution is 2.21. The fourth-order valence-electron chi connectivity index (χ4n) is 2.28. The fraction of sp³-hybridized carbons (Fsp3) is 0.200. The molecule has 0 saturated heterocycles. The molecule has 0 unspecified atom stereocenters. The Labute approximate surface area is 184 Å². The van der Waals surface area contributed by atoms with Crippen molar-refractivity contribution in [2.75, 3.05) is 32.8 Å². The van der Waals surface area contributed by atoms with Crippen molar-refractivity contribution in [3.63, 3.8) is 0 Å². The predicted octanol–water partition coefficient (Wildman–Crippen LogP) is 2.72. The summed E-state index contributed by atoms with van der Waals surface area (Å²) in [6.45, 7) is -1.29. The zero-order valence-electron chi connectivity index (χ0n) is 16.4. The van der Waals surface area contributed by atoms with Crippen LogP contribution in [0.1, 0.15) is 20.7 Å². The highest BCUT2D eigenvalue weighted by Gasteiger charge is 2.16. The number of ether oxygens (including phenoxy) is 4. The number of benzene rings is 2. The minimum atomic E-state index is -0.906. The van der Waals surface area contributed by atoms with E-state index in [9.17, 15) is 23.6 Å². The van der Waals surface area contributed by atoms with E-state index in [-0.39, 0.29) is 22.6 Å². The first kappa shape index (κ1) is 23.8. The van der Waals surface area contributed by atoms with Gasteiger partial charge in [0, 0.05) is 10.2 Å². The molecule has 0 aliphatic heterocycles. The second kappa shape index (κ2) is 11.1. The predicted molar refractivity (Wildman–Crippen MR) is 108 cm³/mol. The van der Waals surface area contributed by atoms with Crippen LogP contribution >= 0.6 is 15.9 Å². The number of nitrogens with one attached hydrogen (secondary N) is 1. The molecule has 0 heterocycles. The van der Waals surface area contributed by atoms with Gasteiger partial charge in [-0.2, -0.15) is 0 Å². The lowest BCUT2D eigenvalue weighted by Crippen LogP contribution is -2.24. The summed E-state index contributed by atoms with van der Waals surface area (Å²) in [5.41, 5.74) is 0.0859. The van der Waals surface area contributed by atoms with E-state index in [0.717, 1.165) is 14.2 Å². The maximum atomic E-state index is 13.7. The van der Waals surface area contributed by atoms with Crippen LogP contribution in [-0.2, 0) is 23.8 Å². The Bertz CT molecular complexity index is 976. The van der Waals surface area contributed by atoms with Gasteiger partial charge in [0.15, 0.2) is 24.8 Å². The standard InChI is InChI=1S/C20H17BrFNO8/c1-28-19(26)11-5-12(20(27)29-2)7-14(6-11)23-17(24)9-31-18(25)10-30-16-4-3-13(21)8-15(16)22/h3-8H,9-10H2,1-2H3,(H,23,24). The van der Waals surface area contributed by atoms with E-state index in [2.05, 4.69) is 30.7 Å². The number of anilines is 1. The zero-order chi connectivity index (χ0) is 23.0. The summed E-state index contributed by atoms with van der Waals surface area (Å²) in [4.78, 5) is 47.3. The lowest BCUT2D eigenvalue weighted by molar-refractivity contribution is -0.149. The van der Waals surface area contributed by atoms with Crippen LogP contribution in [-0.4, -0.2) is 51.2 Å². The third-order valence-corrected chi connectivity index (χ3v) is 4.16. The highest BCUT2D eigenvalue weighted by molar-refractivity contribution is 9.10. The summed E-state index contributed by atoms with van der Waals surface area (Å²) in [7, 11) is 2.32. The summed E-state index contributed by atoms with van der Waals surface area (Å²) in [5.74, 6) is -3.95. The van der Waals surface area contributed by atoms with Crippen molar-refractivity contribution >= 4 is 45.4 Å². The summed E-state index contributed by atoms with van der Waals surface area (Å²) >= 11 is 3.09. The molecule has 0 radical (unpaired) electrons. The second-order valence-electron chi connectivity index (χ2n) is 5.85. The normalized spacial score (nSPS) is 10.1. The average Bonchev–Trinajstić information content (AvgIpc) is 2.75. The van der Waals surface area contributed by atoms with Crippen molar-refractivity contribution in [1.29, 1.82) is 0 Å². The maximum absolute atomic E-state index is 13.7. The van der Waals surface area contributed by atoms with Crippen LogP contribution in [0.3, 0.4) is 0 Å². The van der Waals surface area contributed by atoms with Crippen LogP contribution in [0.25, 0.3) is 0 Å². The molecule has 2 aromatic rings. The molecule has 2 rings (SSSR count). The van der Waals surface area contributed by atoms with E-state index in [1.54, 1.807) is 0 Å². The Kier molecular flexibility index (Phi) is 8.50. The van der Waals surface area contributed by atoms with E-state index < -0.39 is 42.8 Å². The van der Waals surface area contributed by atoms with Crippen molar-refractivity contribution in [1.82, 2.24) is 0 Å². The van der Waals surface area contributed by atoms with Crippen LogP contribution in [0.5, 0.6) is 5.75 Å². The number of halogens is 2. The van der Waals surface area contributed by atoms with Gasteiger partial charge in [0.05, 0.1) is 25.3 Å². The molecule has 1 amide bonds. The van der Waals surface area contributed by atoms with E-state index in [1.807, 2.05) is 0 Å². The number of hydrogen-bond donors (Lipinski definition) is 1. The average molecular weight is 498 g/mol. The third kappa shape index (κ3) is 7.07. The first-order valence-electron chi connectivity index (χ1n) is 8.58. The number of methoxy groups -OCH3 is 2. The molecule has 1 N–H and O–H groups in total. The first-order chi connectivity index (χ1) is 14.7. The van der Waals surface area contributed by atoms with E-state index >= 15 is 0 Å². The van der Waals surface area contributed by atoms with Gasteiger partial charge in [0.1, 0.15) is 0 Å². The number of carbonyl (C=O) groups is 4. The van der Waals surface area contributed by atoms with Gasteiger partial charge in [-0.25, -0.2) is 18.8 Å². The smallest absolute Gasteiger partial charge is 0.344 e. The molecule has 0 aliphatic rings. The van der Waals surface area contributed by atoms with Crippen molar-refractivity contribution in [2.45, 2.75) is 0 Å². The lowest BCUT2D eigenvalue weighted by Gasteiger charge is -2.10. The Hall–Kier alpha value is -3.47. The lowest BCUT2D eigenvalue weighted by atomic mass is 10.1. The second-order valence-corrected chi connectivity index (χ2v) is 6.77. The molecular formula is C20H17BrFNO8. The van der Waals surface area contributed by atoms with Crippen LogP contribution in [0.4, 0.5) is 10.1 Å². The number of carbonyl (C=O) groups excluding carboxylic acids is 4. The molecular weight excluding hydrogens is 481 g/mol. The van der Waals surface area contributed by atoms with Gasteiger partial charge < -0.3 is 24.3 Å². The van der Waals surface area contributed by atoms with Gasteiger partial charge in [-0.15, -0.1) is 0 Å². The molecule has 0 fully saturated rings. The van der Waals surface area contributed by atoms with Crippen molar-refractivity contribution in [3.8, 4) is 5.75 Å². The summed E-state index contributed by atoms with van der Waals surface area (Å²) < 4.78 is 33.1. The van der Waals surface area contributed by atoms with Crippen LogP contribution in [0.15, 0.2) is 40.9 Å². The van der Waals surface area contributed by atoms with Gasteiger partial charge in [0.2, 0.25) is 0 Å². The van der Waals surface area contributed by atoms with Crippen molar-refractivity contribution < 1.29 is 42.5 Å². The molecule has 164 valence electrons. The molecule has 0 aromatic heterocycles. The first-order valence-corrected chi connectivity index (χ1v) is 9.37. The van der Waals surface area contributed by atoms with Gasteiger partial charge in [0.25, 0.3) is 5.91 Å². The fourth-order valence-corrected chi connectivity index (χ4v) is 2.62. The molecule has 2 aromatic carbocycles. The molecule has 31 heavy (non-hydrogen) atoms. The van der Waals surface area contributed by atoms with Gasteiger partial charge in [-0.3, -0.25) is 4.79 Å². The molecule has 0 spiro atoms. The molecule has 0 atom stereocenters. The van der Waals surface area contributed by atoms with Crippen LogP contribution in [0, 0.1) is 5.82 Å². The molecule has 0 aliphatic carbocycles. The van der Waals surface area contributed by atoms with Gasteiger partial charge >= 0.3 is 17.9 Å². The SMILES string of the molecule is COC(=O)c1cc(NC(=O)COC(=O)COc2ccc(Br)cc2F)cc(C(=O)OC)c1. The van der Waals surface area contributed by atoms with Crippen LogP contribution in [0.2, 0.25) is 0 Å². The summed E-state index contributed by atoms with van der Waals surface area (Å²) in [6, 6.07) is 7.81. The number of amides is 1. The monoisotopic (exact) mass is 497 g/mol. The minimum Gasteiger partial charge on any atom is -0.479 e. The van der Waals surface area contributed by atoms with E-state index in [4.69, 9.17) is 9.47 Å². The van der Waals surface area contributed by atoms with Gasteiger partial charge in [-0.1, -0.05) is 15.9 Å². The summed E-state index contributed by atoms with van der Waals surface area (Å²) in [6.07, 6.45) is 0. The van der Waals surface area contributed by atoms with E-state index in [0.29, 0.717) is 4.47 Å². The molecule has 0 bridgehead atoms. The van der Waals surface area contributed by atoms with E-state index in [1.165, 1.54) is 36.4 Å². The Morgan fingerprint density at radius 3 is 2.10 bits per heavy atom. The topological polar surface area (TPSA) is 117 Å². The molecule has 0 saturated carbocycles. The minimum absolute atomic E-state index is 0.00243. The number of hydrogen-bond acceptors (Lipinski definition) is 8. The third-order valence-electron chi connectivity index (χ3n) is 3.66. The Balaban J connectivity index is 1.94. The van der Waals surface area contributed by atoms with Crippen LogP contribution < -0.4 is 10.1 Å². The Morgan fingerprint density at radius 2 is 1.55 bits per heavy atom. The zero-order valence-corrected chi connectivity index (χ0v) is 18.0. The van der Waals surface area contributed by atoms with Crippen molar-refractivity contribution in [3.05, 3.63) is 57.8 Å². The number of rotatable bonds is 8. The molecule has 11 heteroatoms. The highest BCUT2D eigenvalue weighted by atomic mass is 79.9. The maximum Gasteiger partial charge on any atom is 0.344 e. The van der Waals surface area contributed by atoms with Crippen molar-refractivity contribution in [2.24, 2.45) is 0 Å².